The van der Waals surface area contributed by atoms with E-state index in [4.69, 9.17) is 11.6 Å². The van der Waals surface area contributed by atoms with Gasteiger partial charge in [-0.25, -0.2) is 4.98 Å². The molecular formula is C15H19ClN2O. The maximum Gasteiger partial charge on any atom is 0.159 e. The first-order valence-corrected chi connectivity index (χ1v) is 7.51. The number of nitrogens with zero attached hydrogens (tertiary/aromatic N) is 2. The summed E-state index contributed by atoms with van der Waals surface area (Å²) in [6.07, 6.45) is 6.61. The van der Waals surface area contributed by atoms with Crippen LogP contribution in [0.5, 0.6) is 0 Å². The molecule has 19 heavy (non-hydrogen) atoms. The molecule has 1 aliphatic carbocycles. The van der Waals surface area contributed by atoms with Gasteiger partial charge in [0.05, 0.1) is 6.04 Å². The summed E-state index contributed by atoms with van der Waals surface area (Å²) in [4.78, 5) is 18.9. The Hall–Kier alpha value is -1.09. The van der Waals surface area contributed by atoms with E-state index in [9.17, 15) is 4.79 Å². The molecule has 1 fully saturated rings. The smallest absolute Gasteiger partial charge is 0.159 e. The average Bonchev–Trinajstić information content (AvgIpc) is 2.42. The van der Waals surface area contributed by atoms with E-state index < -0.39 is 0 Å². The summed E-state index contributed by atoms with van der Waals surface area (Å²) >= 11 is 6.04. The zero-order valence-corrected chi connectivity index (χ0v) is 12.0. The van der Waals surface area contributed by atoms with Crippen LogP contribution in [-0.4, -0.2) is 22.9 Å². The van der Waals surface area contributed by atoms with Crippen molar-refractivity contribution < 1.29 is 4.79 Å². The number of hydrogen-bond acceptors (Lipinski definition) is 3. The summed E-state index contributed by atoms with van der Waals surface area (Å²) in [6, 6.07) is 4.10. The lowest BCUT2D eigenvalue weighted by Crippen LogP contribution is -2.50. The number of hydrogen-bond donors (Lipinski definition) is 0. The van der Waals surface area contributed by atoms with Gasteiger partial charge in [0.15, 0.2) is 5.78 Å². The summed E-state index contributed by atoms with van der Waals surface area (Å²) in [7, 11) is 0. The highest BCUT2D eigenvalue weighted by molar-refractivity contribution is 6.29. The summed E-state index contributed by atoms with van der Waals surface area (Å²) in [5, 5.41) is 0.515. The Morgan fingerprint density at radius 3 is 2.74 bits per heavy atom. The lowest BCUT2D eigenvalue weighted by molar-refractivity contribution is -0.119. The summed E-state index contributed by atoms with van der Waals surface area (Å²) < 4.78 is 0. The molecule has 3 rings (SSSR count). The van der Waals surface area contributed by atoms with Gasteiger partial charge in [0.2, 0.25) is 0 Å². The molecule has 0 unspecified atom stereocenters. The fraction of sp³-hybridized carbons (Fsp3) is 0.600. The second kappa shape index (κ2) is 5.12. The van der Waals surface area contributed by atoms with E-state index in [1.54, 1.807) is 6.07 Å². The summed E-state index contributed by atoms with van der Waals surface area (Å²) in [6.45, 7) is 2.00. The SMILES string of the molecule is C[C@@H]1C(=O)Cc2ccc(Cl)nc2N1C1CCCCC1. The van der Waals surface area contributed by atoms with Crippen LogP contribution in [0.3, 0.4) is 0 Å². The molecule has 1 aromatic rings. The summed E-state index contributed by atoms with van der Waals surface area (Å²) in [5.41, 5.74) is 1.03. The summed E-state index contributed by atoms with van der Waals surface area (Å²) in [5.74, 6) is 1.23. The minimum absolute atomic E-state index is 0.0680. The molecule has 1 saturated carbocycles. The first-order valence-electron chi connectivity index (χ1n) is 7.13. The van der Waals surface area contributed by atoms with E-state index in [1.807, 2.05) is 13.0 Å². The van der Waals surface area contributed by atoms with Crippen molar-refractivity contribution in [2.75, 3.05) is 4.90 Å². The molecule has 2 heterocycles. The highest BCUT2D eigenvalue weighted by atomic mass is 35.5. The van der Waals surface area contributed by atoms with Crippen molar-refractivity contribution >= 4 is 23.2 Å². The van der Waals surface area contributed by atoms with E-state index in [0.29, 0.717) is 23.4 Å². The number of halogens is 1. The first-order chi connectivity index (χ1) is 9.16. The van der Waals surface area contributed by atoms with Gasteiger partial charge in [0.1, 0.15) is 11.0 Å². The molecule has 0 N–H and O–H groups in total. The van der Waals surface area contributed by atoms with Gasteiger partial charge in [-0.1, -0.05) is 36.9 Å². The molecule has 102 valence electrons. The van der Waals surface area contributed by atoms with Gasteiger partial charge in [0.25, 0.3) is 0 Å². The normalized spacial score (nSPS) is 24.4. The Morgan fingerprint density at radius 1 is 1.26 bits per heavy atom. The van der Waals surface area contributed by atoms with Gasteiger partial charge in [-0.2, -0.15) is 0 Å². The van der Waals surface area contributed by atoms with Crippen LogP contribution >= 0.6 is 11.6 Å². The molecule has 0 bridgehead atoms. The quantitative estimate of drug-likeness (QED) is 0.738. The second-order valence-corrected chi connectivity index (χ2v) is 6.02. The van der Waals surface area contributed by atoms with Crippen LogP contribution in [0.4, 0.5) is 5.82 Å². The minimum Gasteiger partial charge on any atom is -0.344 e. The van der Waals surface area contributed by atoms with Crippen LogP contribution < -0.4 is 4.90 Å². The van der Waals surface area contributed by atoms with Gasteiger partial charge < -0.3 is 4.90 Å². The van der Waals surface area contributed by atoms with E-state index in [0.717, 1.165) is 24.2 Å². The predicted molar refractivity (Wildman–Crippen MR) is 76.8 cm³/mol. The second-order valence-electron chi connectivity index (χ2n) is 5.63. The van der Waals surface area contributed by atoms with Crippen LogP contribution in [0.15, 0.2) is 12.1 Å². The van der Waals surface area contributed by atoms with E-state index >= 15 is 0 Å². The Morgan fingerprint density at radius 2 is 2.00 bits per heavy atom. The largest absolute Gasteiger partial charge is 0.344 e. The average molecular weight is 279 g/mol. The fourth-order valence-electron chi connectivity index (χ4n) is 3.34. The van der Waals surface area contributed by atoms with Gasteiger partial charge in [0, 0.05) is 18.0 Å². The molecule has 0 radical (unpaired) electrons. The van der Waals surface area contributed by atoms with E-state index in [1.165, 1.54) is 19.3 Å². The minimum atomic E-state index is -0.0680. The highest BCUT2D eigenvalue weighted by Crippen LogP contribution is 2.34. The zero-order chi connectivity index (χ0) is 13.4. The van der Waals surface area contributed by atoms with Crippen LogP contribution in [0.2, 0.25) is 5.15 Å². The van der Waals surface area contributed by atoms with E-state index in [2.05, 4.69) is 9.88 Å². The van der Waals surface area contributed by atoms with Gasteiger partial charge >= 0.3 is 0 Å². The standard InChI is InChI=1S/C15H19ClN2O/c1-10-13(19)9-11-7-8-14(16)17-15(11)18(10)12-5-3-2-4-6-12/h7-8,10,12H,2-6,9H2,1H3/t10-/m1/s1. The van der Waals surface area contributed by atoms with Gasteiger partial charge in [-0.3, -0.25) is 4.79 Å². The van der Waals surface area contributed by atoms with Gasteiger partial charge in [-0.05, 0) is 25.8 Å². The molecular weight excluding hydrogens is 260 g/mol. The number of carbonyl (C=O) groups excluding carboxylic acids is 1. The number of rotatable bonds is 1. The lowest BCUT2D eigenvalue weighted by atomic mass is 9.89. The van der Waals surface area contributed by atoms with Crippen molar-refractivity contribution in [3.63, 3.8) is 0 Å². The molecule has 3 nitrogen and oxygen atoms in total. The molecule has 1 atom stereocenters. The maximum atomic E-state index is 12.2. The number of fused-ring (bicyclic) bond motifs is 1. The van der Waals surface area contributed by atoms with Crippen LogP contribution in [0.1, 0.15) is 44.6 Å². The molecule has 0 amide bonds. The fourth-order valence-corrected chi connectivity index (χ4v) is 3.48. The van der Waals surface area contributed by atoms with Crippen LogP contribution in [0, 0.1) is 0 Å². The van der Waals surface area contributed by atoms with Crippen molar-refractivity contribution in [2.24, 2.45) is 0 Å². The van der Waals surface area contributed by atoms with Crippen LogP contribution in [-0.2, 0) is 11.2 Å². The third-order valence-electron chi connectivity index (χ3n) is 4.38. The predicted octanol–water partition coefficient (Wildman–Crippen LogP) is 3.39. The number of pyridine rings is 1. The number of anilines is 1. The van der Waals surface area contributed by atoms with Crippen molar-refractivity contribution in [1.82, 2.24) is 4.98 Å². The Bertz CT molecular complexity index is 497. The van der Waals surface area contributed by atoms with Crippen molar-refractivity contribution in [1.29, 1.82) is 0 Å². The third kappa shape index (κ3) is 2.36. The molecule has 0 spiro atoms. The number of Topliss-reactive ketones (excluding diaryl/α,β-unsaturated/α-hetero) is 1. The molecule has 0 aromatic carbocycles. The number of aromatic nitrogens is 1. The van der Waals surface area contributed by atoms with Gasteiger partial charge in [-0.15, -0.1) is 0 Å². The third-order valence-corrected chi connectivity index (χ3v) is 4.59. The van der Waals surface area contributed by atoms with E-state index in [-0.39, 0.29) is 6.04 Å². The first kappa shape index (κ1) is 12.9. The van der Waals surface area contributed by atoms with Crippen molar-refractivity contribution in [3.05, 3.63) is 22.8 Å². The molecule has 1 aromatic heterocycles. The molecule has 1 aliphatic heterocycles. The highest BCUT2D eigenvalue weighted by Gasteiger charge is 2.35. The Kier molecular flexibility index (Phi) is 3.48. The molecule has 0 saturated heterocycles. The number of ketones is 1. The van der Waals surface area contributed by atoms with Crippen molar-refractivity contribution in [2.45, 2.75) is 57.5 Å². The number of carbonyl (C=O) groups is 1. The monoisotopic (exact) mass is 278 g/mol. The zero-order valence-electron chi connectivity index (χ0n) is 11.2. The topological polar surface area (TPSA) is 33.2 Å². The maximum absolute atomic E-state index is 12.2. The Labute approximate surface area is 119 Å². The Balaban J connectivity index is 2.01. The molecule has 4 heteroatoms. The molecule has 2 aliphatic rings. The van der Waals surface area contributed by atoms with Crippen LogP contribution in [0.25, 0.3) is 0 Å². The lowest BCUT2D eigenvalue weighted by Gasteiger charge is -2.42. The van der Waals surface area contributed by atoms with Crippen molar-refractivity contribution in [3.8, 4) is 0 Å².